The number of carboxylic acids is 1. The van der Waals surface area contributed by atoms with Crippen molar-refractivity contribution in [2.75, 3.05) is 0 Å². The van der Waals surface area contributed by atoms with Crippen LogP contribution in [0.1, 0.15) is 91.9 Å². The number of unbranched alkanes of at least 4 members (excludes halogenated alkanes) is 1. The van der Waals surface area contributed by atoms with Gasteiger partial charge in [0, 0.05) is 37.2 Å². The predicted octanol–water partition coefficient (Wildman–Crippen LogP) is 6.80. The highest BCUT2D eigenvalue weighted by molar-refractivity contribution is 5.82. The van der Waals surface area contributed by atoms with E-state index in [-0.39, 0.29) is 67.2 Å². The Morgan fingerprint density at radius 2 is 1.53 bits per heavy atom. The first-order valence-electron chi connectivity index (χ1n) is 21.3. The molecule has 7 bridgehead atoms. The van der Waals surface area contributed by atoms with Crippen LogP contribution in [-0.4, -0.2) is 106 Å². The molecule has 0 spiro atoms. The summed E-state index contributed by atoms with van der Waals surface area (Å²) in [5.74, 6) is -1.09. The summed E-state index contributed by atoms with van der Waals surface area (Å²) in [7, 11) is 0. The molecular formula is C47H66O11. The highest BCUT2D eigenvalue weighted by Crippen LogP contribution is 2.38. The van der Waals surface area contributed by atoms with E-state index in [4.69, 9.17) is 28.8 Å². The van der Waals surface area contributed by atoms with Gasteiger partial charge in [-0.1, -0.05) is 106 Å². The van der Waals surface area contributed by atoms with Gasteiger partial charge < -0.3 is 44.1 Å². The second-order valence-electron chi connectivity index (χ2n) is 16.6. The number of carbonyl (C=O) groups is 2. The molecular weight excluding hydrogens is 741 g/mol. The molecule has 58 heavy (non-hydrogen) atoms. The van der Waals surface area contributed by atoms with Crippen molar-refractivity contribution >= 4 is 11.9 Å². The minimum absolute atomic E-state index is 0.0508. The van der Waals surface area contributed by atoms with Gasteiger partial charge in [-0.2, -0.15) is 0 Å². The number of carboxylic acid groups (broad SMARTS) is 1. The Kier molecular flexibility index (Phi) is 18.0. The minimum atomic E-state index is -1.18. The largest absolute Gasteiger partial charge is 0.481 e. The maximum atomic E-state index is 13.0. The zero-order valence-electron chi connectivity index (χ0n) is 34.5. The Morgan fingerprint density at radius 3 is 2.34 bits per heavy atom. The van der Waals surface area contributed by atoms with Crippen molar-refractivity contribution in [1.29, 1.82) is 0 Å². The molecule has 11 heteroatoms. The van der Waals surface area contributed by atoms with Gasteiger partial charge in [-0.05, 0) is 63.0 Å². The van der Waals surface area contributed by atoms with Crippen molar-refractivity contribution < 1.29 is 53.7 Å². The number of aliphatic hydroxyl groups is 3. The molecule has 15 atom stereocenters. The predicted molar refractivity (Wildman–Crippen MR) is 222 cm³/mol. The van der Waals surface area contributed by atoms with Crippen LogP contribution >= 0.6 is 0 Å². The molecule has 3 saturated heterocycles. The van der Waals surface area contributed by atoms with E-state index in [0.29, 0.717) is 25.7 Å². The first-order valence-corrected chi connectivity index (χ1v) is 21.3. The average molecular weight is 807 g/mol. The number of fused-ring (bicyclic) bond motifs is 13. The molecule has 0 aromatic carbocycles. The molecule has 6 rings (SSSR count). The molecule has 320 valence electrons. The van der Waals surface area contributed by atoms with E-state index >= 15 is 0 Å². The number of ether oxygens (including phenoxy) is 5. The SMILES string of the molecule is C/C(=C\[C@@H](C)CCCCC(=O)O)[C@H]1O[C@H]2C=C[C@H]1OC(=O)\C=C/C=C\C=C\[C@H]1O[C@@H]3C[C@H]1O[C@@H](/C=C/C[C@H]1O[C@H](C[C@H](O)[C@H]1C)[C@H](O)[C@@H](O)/C=C/CC/C=C/C2)[C@@H]3C. The average Bonchev–Trinajstić information content (AvgIpc) is 3.54. The molecule has 3 fully saturated rings. The molecule has 4 N–H and O–H groups in total. The number of esters is 1. The van der Waals surface area contributed by atoms with Gasteiger partial charge in [0.2, 0.25) is 0 Å². The minimum Gasteiger partial charge on any atom is -0.481 e. The van der Waals surface area contributed by atoms with Crippen LogP contribution in [-0.2, 0) is 33.3 Å². The van der Waals surface area contributed by atoms with E-state index in [1.807, 2.05) is 62.5 Å². The first kappa shape index (κ1) is 45.7. The summed E-state index contributed by atoms with van der Waals surface area (Å²) in [5, 5.41) is 41.7. The third kappa shape index (κ3) is 13.6. The van der Waals surface area contributed by atoms with Crippen molar-refractivity contribution in [2.24, 2.45) is 17.8 Å². The van der Waals surface area contributed by atoms with Gasteiger partial charge in [-0.3, -0.25) is 4.79 Å². The standard InChI is InChI=1S/C47H66O11/c1-30(17-14-15-23-44(50)51)27-31(2)47-40-26-25-34(54-47)18-10-6-5-7-11-19-35(48)46(53)43-28-36(49)32(3)37(56-43)21-16-22-38-33(4)41-29-42(55-38)39(57-41)20-12-8-9-13-24-45(52)58-40/h6,8-13,16,19-20,22,24-27,30,32-43,46-49,53H,5,7,14-15,17-18,21,23,28-29H2,1-4H3,(H,50,51)/b9-8-,10-6+,19-11+,20-12+,22-16+,24-13-,31-27+/t30-,32+,33-,34+,35-,36-,37+,38-,39+,40+,41+,42+,43+,46+,47+/m0/s1. The molecule has 0 aromatic rings. The van der Waals surface area contributed by atoms with Crippen molar-refractivity contribution in [3.63, 3.8) is 0 Å². The normalized spacial score (nSPS) is 41.7. The fourth-order valence-corrected chi connectivity index (χ4v) is 8.38. The molecule has 6 aliphatic rings. The van der Waals surface area contributed by atoms with E-state index in [2.05, 4.69) is 32.1 Å². The molecule has 0 aromatic heterocycles. The summed E-state index contributed by atoms with van der Waals surface area (Å²) in [6, 6.07) is 0. The topological polar surface area (TPSA) is 161 Å². The highest BCUT2D eigenvalue weighted by Gasteiger charge is 2.45. The quantitative estimate of drug-likeness (QED) is 0.122. The van der Waals surface area contributed by atoms with E-state index in [1.165, 1.54) is 6.08 Å². The number of allylic oxidation sites excluding steroid dienone is 7. The summed E-state index contributed by atoms with van der Waals surface area (Å²) >= 11 is 0. The van der Waals surface area contributed by atoms with Crippen molar-refractivity contribution in [1.82, 2.24) is 0 Å². The Labute approximate surface area is 344 Å². The van der Waals surface area contributed by atoms with Crippen LogP contribution in [0.25, 0.3) is 0 Å². The molecule has 0 unspecified atom stereocenters. The highest BCUT2D eigenvalue weighted by atomic mass is 16.6. The van der Waals surface area contributed by atoms with Crippen LogP contribution in [0.15, 0.2) is 96.7 Å². The first-order chi connectivity index (χ1) is 27.9. The van der Waals surface area contributed by atoms with Crippen LogP contribution < -0.4 is 0 Å². The van der Waals surface area contributed by atoms with Gasteiger partial charge in [0.25, 0.3) is 0 Å². The van der Waals surface area contributed by atoms with Crippen LogP contribution in [0.4, 0.5) is 0 Å². The molecule has 0 saturated carbocycles. The maximum absolute atomic E-state index is 13.0. The second-order valence-corrected chi connectivity index (χ2v) is 16.6. The lowest BCUT2D eigenvalue weighted by Crippen LogP contribution is -2.50. The van der Waals surface area contributed by atoms with Crippen molar-refractivity contribution in [2.45, 2.75) is 165 Å². The molecule has 0 amide bonds. The number of hydrogen-bond donors (Lipinski definition) is 4. The Hall–Kier alpha value is -3.42. The Morgan fingerprint density at radius 1 is 0.759 bits per heavy atom. The van der Waals surface area contributed by atoms with Gasteiger partial charge in [-0.25, -0.2) is 4.79 Å². The monoisotopic (exact) mass is 806 g/mol. The zero-order chi connectivity index (χ0) is 41.6. The zero-order valence-corrected chi connectivity index (χ0v) is 34.5. The van der Waals surface area contributed by atoms with E-state index < -0.39 is 48.6 Å². The lowest BCUT2D eigenvalue weighted by molar-refractivity contribution is -0.175. The van der Waals surface area contributed by atoms with Gasteiger partial charge in [-0.15, -0.1) is 0 Å². The van der Waals surface area contributed by atoms with Crippen LogP contribution in [0.5, 0.6) is 0 Å². The van der Waals surface area contributed by atoms with Crippen molar-refractivity contribution in [3.8, 4) is 0 Å². The molecule has 0 aliphatic carbocycles. The fraction of sp³-hybridized carbons (Fsp3) is 0.617. The summed E-state index contributed by atoms with van der Waals surface area (Å²) in [5.41, 5.74) is 0.945. The van der Waals surface area contributed by atoms with Crippen LogP contribution in [0, 0.1) is 17.8 Å². The molecule has 6 heterocycles. The van der Waals surface area contributed by atoms with E-state index in [9.17, 15) is 24.9 Å². The summed E-state index contributed by atoms with van der Waals surface area (Å²) in [6.45, 7) is 8.15. The Balaban J connectivity index is 1.29. The molecule has 6 aliphatic heterocycles. The third-order valence-electron chi connectivity index (χ3n) is 12.0. The third-order valence-corrected chi connectivity index (χ3v) is 12.0. The van der Waals surface area contributed by atoms with E-state index in [0.717, 1.165) is 31.3 Å². The molecule has 11 nitrogen and oxygen atoms in total. The summed E-state index contributed by atoms with van der Waals surface area (Å²) in [6.07, 6.45) is 28.3. The van der Waals surface area contributed by atoms with Gasteiger partial charge in [0.1, 0.15) is 24.4 Å². The maximum Gasteiger partial charge on any atom is 0.331 e. The Bertz CT molecular complexity index is 1570. The van der Waals surface area contributed by atoms with Gasteiger partial charge >= 0.3 is 11.9 Å². The second kappa shape index (κ2) is 22.8. The number of carbonyl (C=O) groups excluding carboxylic acids is 1. The number of aliphatic hydroxyl groups excluding tert-OH is 3. The number of rotatable bonds is 7. The number of aliphatic carboxylic acids is 1. The lowest BCUT2D eigenvalue weighted by atomic mass is 9.85. The van der Waals surface area contributed by atoms with Gasteiger partial charge in [0.05, 0.1) is 42.7 Å². The van der Waals surface area contributed by atoms with Crippen molar-refractivity contribution in [3.05, 3.63) is 96.7 Å². The summed E-state index contributed by atoms with van der Waals surface area (Å²) in [4.78, 5) is 23.9. The van der Waals surface area contributed by atoms with Gasteiger partial charge in [0.15, 0.2) is 6.10 Å². The smallest absolute Gasteiger partial charge is 0.331 e. The van der Waals surface area contributed by atoms with Crippen LogP contribution in [0.3, 0.4) is 0 Å². The fourth-order valence-electron chi connectivity index (χ4n) is 8.38. The summed E-state index contributed by atoms with van der Waals surface area (Å²) < 4.78 is 31.5. The van der Waals surface area contributed by atoms with E-state index in [1.54, 1.807) is 18.2 Å². The number of hydrogen-bond acceptors (Lipinski definition) is 10. The molecule has 0 radical (unpaired) electrons. The lowest BCUT2D eigenvalue weighted by Gasteiger charge is -2.40. The van der Waals surface area contributed by atoms with Crippen LogP contribution in [0.2, 0.25) is 0 Å².